The Morgan fingerprint density at radius 2 is 1.96 bits per heavy atom. The van der Waals surface area contributed by atoms with E-state index in [9.17, 15) is 13.2 Å². The molecule has 0 saturated carbocycles. The fourth-order valence-electron chi connectivity index (χ4n) is 2.56. The highest BCUT2D eigenvalue weighted by Gasteiger charge is 2.19. The van der Waals surface area contributed by atoms with Crippen LogP contribution in [0.2, 0.25) is 0 Å². The zero-order valence-corrected chi connectivity index (χ0v) is 16.8. The van der Waals surface area contributed by atoms with Gasteiger partial charge in [-0.2, -0.15) is 0 Å². The van der Waals surface area contributed by atoms with Crippen LogP contribution >= 0.6 is 11.3 Å². The Morgan fingerprint density at radius 1 is 1.19 bits per heavy atom. The zero-order chi connectivity index (χ0) is 19.6. The van der Waals surface area contributed by atoms with Gasteiger partial charge in [-0.1, -0.05) is 29.5 Å². The predicted octanol–water partition coefficient (Wildman–Crippen LogP) is 3.37. The number of pyridine rings is 1. The number of carbonyl (C=O) groups excluding carboxylic acids is 1. The number of hydrogen-bond acceptors (Lipinski definition) is 7. The molecule has 0 saturated heterocycles. The lowest BCUT2D eigenvalue weighted by Crippen LogP contribution is -2.21. The van der Waals surface area contributed by atoms with Crippen LogP contribution in [0.5, 0.6) is 0 Å². The molecule has 6 nitrogen and oxygen atoms in total. The van der Waals surface area contributed by atoms with Crippen LogP contribution in [0.25, 0.3) is 0 Å². The molecule has 0 amide bonds. The minimum atomic E-state index is -3.37. The molecule has 3 aromatic rings. The van der Waals surface area contributed by atoms with Crippen molar-refractivity contribution in [2.75, 3.05) is 18.2 Å². The number of thiazole rings is 1. The molecule has 0 radical (unpaired) electrons. The third kappa shape index (κ3) is 4.23. The fourth-order valence-corrected chi connectivity index (χ4v) is 4.14. The van der Waals surface area contributed by atoms with E-state index < -0.39 is 9.84 Å². The third-order valence-electron chi connectivity index (χ3n) is 4.29. The van der Waals surface area contributed by atoms with Gasteiger partial charge in [-0.3, -0.25) is 9.78 Å². The number of nitrogens with zero attached hydrogens (tertiary/aromatic N) is 3. The van der Waals surface area contributed by atoms with E-state index in [4.69, 9.17) is 0 Å². The highest BCUT2D eigenvalue weighted by atomic mass is 32.2. The largest absolute Gasteiger partial charge is 0.344 e. The number of ketones is 1. The number of aromatic nitrogens is 2. The Balaban J connectivity index is 1.84. The summed E-state index contributed by atoms with van der Waals surface area (Å²) < 4.78 is 23.4. The van der Waals surface area contributed by atoms with Crippen molar-refractivity contribution < 1.29 is 13.2 Å². The van der Waals surface area contributed by atoms with E-state index in [0.29, 0.717) is 15.6 Å². The second-order valence-electron chi connectivity index (χ2n) is 6.21. The fraction of sp³-hybridized carbons (Fsp3) is 0.211. The average molecular weight is 402 g/mol. The summed E-state index contributed by atoms with van der Waals surface area (Å²) in [7, 11) is -1.46. The van der Waals surface area contributed by atoms with E-state index in [0.717, 1.165) is 11.8 Å². The van der Waals surface area contributed by atoms with Crippen molar-refractivity contribution in [2.45, 2.75) is 17.9 Å². The monoisotopic (exact) mass is 401 g/mol. The Kier molecular flexibility index (Phi) is 5.38. The van der Waals surface area contributed by atoms with Crippen molar-refractivity contribution >= 4 is 32.1 Å². The van der Waals surface area contributed by atoms with E-state index >= 15 is 0 Å². The highest BCUT2D eigenvalue weighted by molar-refractivity contribution is 7.90. The van der Waals surface area contributed by atoms with Crippen molar-refractivity contribution in [3.8, 4) is 0 Å². The molecule has 0 aliphatic carbocycles. The van der Waals surface area contributed by atoms with Crippen LogP contribution in [-0.2, 0) is 9.84 Å². The van der Waals surface area contributed by atoms with E-state index in [1.165, 1.54) is 29.7 Å². The molecule has 8 heteroatoms. The summed E-state index contributed by atoms with van der Waals surface area (Å²) in [5, 5.41) is 0.703. The molecule has 0 spiro atoms. The molecule has 1 aromatic carbocycles. The van der Waals surface area contributed by atoms with Gasteiger partial charge in [0.2, 0.25) is 5.78 Å². The Bertz CT molecular complexity index is 1060. The van der Waals surface area contributed by atoms with Crippen molar-refractivity contribution in [2.24, 2.45) is 0 Å². The van der Waals surface area contributed by atoms with Crippen LogP contribution in [0.4, 0.5) is 5.13 Å². The maximum Gasteiger partial charge on any atom is 0.204 e. The van der Waals surface area contributed by atoms with E-state index in [1.54, 1.807) is 24.5 Å². The summed E-state index contributed by atoms with van der Waals surface area (Å²) in [6, 6.07) is 9.98. The summed E-state index contributed by atoms with van der Waals surface area (Å²) in [5.74, 6) is -0.244. The molecule has 27 heavy (non-hydrogen) atoms. The first-order valence-corrected chi connectivity index (χ1v) is 10.9. The highest BCUT2D eigenvalue weighted by Crippen LogP contribution is 2.30. The minimum absolute atomic E-state index is 0.0429. The first-order valence-electron chi connectivity index (χ1n) is 8.21. The van der Waals surface area contributed by atoms with Gasteiger partial charge in [0.05, 0.1) is 22.0 Å². The second kappa shape index (κ2) is 7.58. The van der Waals surface area contributed by atoms with Crippen molar-refractivity contribution in [3.63, 3.8) is 0 Å². The Labute approximate surface area is 162 Å². The van der Waals surface area contributed by atoms with Gasteiger partial charge in [-0.25, -0.2) is 13.4 Å². The first-order chi connectivity index (χ1) is 12.8. The smallest absolute Gasteiger partial charge is 0.204 e. The number of hydrogen-bond donors (Lipinski definition) is 0. The summed E-state index contributed by atoms with van der Waals surface area (Å²) in [5.41, 5.74) is 1.38. The third-order valence-corrected chi connectivity index (χ3v) is 6.49. The van der Waals surface area contributed by atoms with Gasteiger partial charge in [0.15, 0.2) is 15.0 Å². The summed E-state index contributed by atoms with van der Waals surface area (Å²) in [6.45, 7) is 2.04. The molecular weight excluding hydrogens is 382 g/mol. The van der Waals surface area contributed by atoms with Gasteiger partial charge < -0.3 is 4.90 Å². The number of carbonyl (C=O) groups is 1. The lowest BCUT2D eigenvalue weighted by molar-refractivity contribution is 0.104. The molecule has 0 aliphatic rings. The summed E-state index contributed by atoms with van der Waals surface area (Å²) >= 11 is 1.28. The van der Waals surface area contributed by atoms with Gasteiger partial charge in [0.25, 0.3) is 0 Å². The molecule has 0 bridgehead atoms. The van der Waals surface area contributed by atoms with Crippen LogP contribution < -0.4 is 4.90 Å². The van der Waals surface area contributed by atoms with Crippen LogP contribution in [0.1, 0.15) is 33.8 Å². The van der Waals surface area contributed by atoms with E-state index in [1.807, 2.05) is 31.0 Å². The SMILES string of the molecule is CC(c1cccnc1)N(C)c1ncc(C(=O)c2cccc(S(C)(=O)=O)c2)s1. The standard InChI is InChI=1S/C19H19N3O3S2/c1-13(15-7-5-9-20-11-15)22(2)19-21-12-17(26-19)18(23)14-6-4-8-16(10-14)27(3,24)25/h4-13H,1-3H3. The predicted molar refractivity (Wildman–Crippen MR) is 106 cm³/mol. The quantitative estimate of drug-likeness (QED) is 0.589. The van der Waals surface area contributed by atoms with Gasteiger partial charge >= 0.3 is 0 Å². The minimum Gasteiger partial charge on any atom is -0.344 e. The summed E-state index contributed by atoms with van der Waals surface area (Å²) in [6.07, 6.45) is 6.18. The molecule has 2 heterocycles. The Morgan fingerprint density at radius 3 is 2.63 bits per heavy atom. The van der Waals surface area contributed by atoms with E-state index in [-0.39, 0.29) is 16.7 Å². The van der Waals surface area contributed by atoms with Crippen LogP contribution in [0.3, 0.4) is 0 Å². The normalized spacial score (nSPS) is 12.6. The second-order valence-corrected chi connectivity index (χ2v) is 9.23. The lowest BCUT2D eigenvalue weighted by atomic mass is 10.1. The van der Waals surface area contributed by atoms with Crippen molar-refractivity contribution in [1.29, 1.82) is 0 Å². The molecule has 0 N–H and O–H groups in total. The molecule has 3 rings (SSSR count). The van der Waals surface area contributed by atoms with Crippen molar-refractivity contribution in [3.05, 3.63) is 71.0 Å². The first kappa shape index (κ1) is 19.2. The number of benzene rings is 1. The number of anilines is 1. The maximum atomic E-state index is 12.7. The lowest BCUT2D eigenvalue weighted by Gasteiger charge is -2.24. The molecule has 2 aromatic heterocycles. The Hall–Kier alpha value is -2.58. The molecule has 1 atom stereocenters. The van der Waals surface area contributed by atoms with Crippen molar-refractivity contribution in [1.82, 2.24) is 9.97 Å². The zero-order valence-electron chi connectivity index (χ0n) is 15.2. The summed E-state index contributed by atoms with van der Waals surface area (Å²) in [4.78, 5) is 23.8. The van der Waals surface area contributed by atoms with Crippen LogP contribution in [0, 0.1) is 0 Å². The van der Waals surface area contributed by atoms with Gasteiger partial charge in [-0.05, 0) is 30.7 Å². The van der Waals surface area contributed by atoms with Gasteiger partial charge in [-0.15, -0.1) is 0 Å². The average Bonchev–Trinajstić information content (AvgIpc) is 3.16. The van der Waals surface area contributed by atoms with Crippen LogP contribution in [-0.4, -0.2) is 37.5 Å². The molecular formula is C19H19N3O3S2. The molecule has 140 valence electrons. The van der Waals surface area contributed by atoms with E-state index in [2.05, 4.69) is 9.97 Å². The topological polar surface area (TPSA) is 80.2 Å². The maximum absolute atomic E-state index is 12.7. The molecule has 0 fully saturated rings. The molecule has 1 unspecified atom stereocenters. The molecule has 0 aliphatic heterocycles. The number of sulfone groups is 1. The van der Waals surface area contributed by atoms with Gasteiger partial charge in [0.1, 0.15) is 0 Å². The number of rotatable bonds is 6. The van der Waals surface area contributed by atoms with Crippen LogP contribution in [0.15, 0.2) is 59.9 Å². The van der Waals surface area contributed by atoms with Gasteiger partial charge in [0, 0.05) is 31.3 Å².